The molecule has 0 bridgehead atoms. The third kappa shape index (κ3) is 8.30. The second-order valence-corrected chi connectivity index (χ2v) is 14.0. The average molecular weight is 693 g/mol. The topological polar surface area (TPSA) is 175 Å². The number of nitrogens with zero attached hydrogens (tertiary/aromatic N) is 6. The van der Waals surface area contributed by atoms with Gasteiger partial charge in [0.2, 0.25) is 11.8 Å². The van der Waals surface area contributed by atoms with Crippen LogP contribution >= 0.6 is 0 Å². The summed E-state index contributed by atoms with van der Waals surface area (Å²) in [6, 6.07) is 16.0. The molecule has 4 heterocycles. The quantitative estimate of drug-likeness (QED) is 0.0989. The Morgan fingerprint density at radius 1 is 0.961 bits per heavy atom. The van der Waals surface area contributed by atoms with Crippen molar-refractivity contribution in [1.29, 1.82) is 0 Å². The van der Waals surface area contributed by atoms with Crippen LogP contribution in [0.3, 0.4) is 0 Å². The van der Waals surface area contributed by atoms with Crippen molar-refractivity contribution < 1.29 is 14.1 Å². The SMILES string of the molecule is CCCN(Cc1ncc(-c2ccc(-c3ccc(-c4cnc(C5CCCN5C(=O)C(Nc5noc(N)n5)C(C)C)[nH]4)cc3)cc2)[nH]1)C(=O)CC(C)C. The van der Waals surface area contributed by atoms with Crippen molar-refractivity contribution >= 4 is 23.8 Å². The minimum Gasteiger partial charge on any atom is -0.351 e. The van der Waals surface area contributed by atoms with Crippen molar-refractivity contribution in [3.63, 3.8) is 0 Å². The predicted molar refractivity (Wildman–Crippen MR) is 197 cm³/mol. The molecule has 1 aliphatic heterocycles. The maximum absolute atomic E-state index is 13.7. The number of anilines is 2. The standard InChI is InChI=1S/C38H48N10O3/c1-6-17-47(33(49)19-23(2)3)22-32-40-20-29(42-32)27-13-9-25(10-14-27)26-11-15-28(16-12-26)30-21-41-35(43-30)31-8-7-18-48(31)36(50)34(24(4)5)44-38-45-37(39)51-46-38/h9-16,20-21,23-24,31,34H,6-8,17-19,22H2,1-5H3,(H,40,42)(H,41,43)(H3,39,44,45,46). The molecule has 268 valence electrons. The summed E-state index contributed by atoms with van der Waals surface area (Å²) in [4.78, 5) is 50.4. The predicted octanol–water partition coefficient (Wildman–Crippen LogP) is 6.68. The van der Waals surface area contributed by atoms with E-state index in [1.54, 1.807) is 0 Å². The van der Waals surface area contributed by atoms with Gasteiger partial charge in [-0.25, -0.2) is 9.97 Å². The molecule has 1 aliphatic rings. The van der Waals surface area contributed by atoms with E-state index in [0.717, 1.165) is 64.6 Å². The van der Waals surface area contributed by atoms with E-state index in [1.165, 1.54) is 0 Å². The van der Waals surface area contributed by atoms with Gasteiger partial charge in [0.15, 0.2) is 0 Å². The third-order valence-electron chi connectivity index (χ3n) is 9.23. The van der Waals surface area contributed by atoms with Gasteiger partial charge in [-0.05, 0) is 58.5 Å². The number of imidazole rings is 2. The van der Waals surface area contributed by atoms with Gasteiger partial charge in [-0.15, -0.1) is 0 Å². The fraction of sp³-hybridized carbons (Fsp3) is 0.421. The van der Waals surface area contributed by atoms with Gasteiger partial charge in [0.05, 0.1) is 36.4 Å². The number of nitrogen functional groups attached to an aromatic ring is 1. The Hall–Kier alpha value is -5.46. The Morgan fingerprint density at radius 2 is 1.59 bits per heavy atom. The van der Waals surface area contributed by atoms with Crippen molar-refractivity contribution in [1.82, 2.24) is 39.9 Å². The summed E-state index contributed by atoms with van der Waals surface area (Å²) in [5.41, 5.74) is 11.6. The molecule has 13 heteroatoms. The lowest BCUT2D eigenvalue weighted by atomic mass is 10.0. The number of aromatic nitrogens is 6. The van der Waals surface area contributed by atoms with Crippen LogP contribution in [0.5, 0.6) is 0 Å². The summed E-state index contributed by atoms with van der Waals surface area (Å²) >= 11 is 0. The van der Waals surface area contributed by atoms with Crippen LogP contribution in [0, 0.1) is 11.8 Å². The molecule has 0 spiro atoms. The van der Waals surface area contributed by atoms with E-state index in [9.17, 15) is 9.59 Å². The van der Waals surface area contributed by atoms with Crippen molar-refractivity contribution in [3.05, 3.63) is 72.6 Å². The van der Waals surface area contributed by atoms with Crippen LogP contribution in [0.15, 0.2) is 65.4 Å². The van der Waals surface area contributed by atoms with Crippen molar-refractivity contribution in [2.75, 3.05) is 24.1 Å². The number of benzene rings is 2. The number of rotatable bonds is 14. The van der Waals surface area contributed by atoms with Crippen LogP contribution < -0.4 is 11.1 Å². The smallest absolute Gasteiger partial charge is 0.320 e. The fourth-order valence-corrected chi connectivity index (χ4v) is 6.59. The van der Waals surface area contributed by atoms with Crippen molar-refractivity contribution in [2.45, 2.75) is 78.9 Å². The number of nitrogens with one attached hydrogen (secondary N) is 3. The fourth-order valence-electron chi connectivity index (χ4n) is 6.59. The summed E-state index contributed by atoms with van der Waals surface area (Å²) < 4.78 is 4.87. The largest absolute Gasteiger partial charge is 0.351 e. The molecule has 1 saturated heterocycles. The monoisotopic (exact) mass is 692 g/mol. The second kappa shape index (κ2) is 15.6. The highest BCUT2D eigenvalue weighted by molar-refractivity contribution is 5.85. The molecule has 2 amide bonds. The van der Waals surface area contributed by atoms with E-state index in [2.05, 4.69) is 99.7 Å². The zero-order chi connectivity index (χ0) is 36.1. The van der Waals surface area contributed by atoms with Gasteiger partial charge in [0, 0.05) is 19.5 Å². The molecule has 0 radical (unpaired) electrons. The minimum absolute atomic E-state index is 0.0159. The van der Waals surface area contributed by atoms with Crippen molar-refractivity contribution in [3.8, 4) is 33.6 Å². The molecule has 0 aliphatic carbocycles. The number of likely N-dealkylation sites (tertiary alicyclic amines) is 1. The highest BCUT2D eigenvalue weighted by Crippen LogP contribution is 2.34. The van der Waals surface area contributed by atoms with Crippen LogP contribution in [-0.2, 0) is 16.1 Å². The van der Waals surface area contributed by atoms with E-state index in [1.807, 2.05) is 36.0 Å². The molecule has 0 saturated carbocycles. The van der Waals surface area contributed by atoms with Crippen LogP contribution in [0.1, 0.15) is 78.0 Å². The van der Waals surface area contributed by atoms with Gasteiger partial charge >= 0.3 is 6.01 Å². The van der Waals surface area contributed by atoms with Crippen LogP contribution in [0.2, 0.25) is 0 Å². The zero-order valence-electron chi connectivity index (χ0n) is 30.0. The molecule has 6 rings (SSSR count). The molecule has 51 heavy (non-hydrogen) atoms. The average Bonchev–Trinajstić information content (AvgIpc) is 3.94. The molecular formula is C38H48N10O3. The van der Waals surface area contributed by atoms with Gasteiger partial charge in [0.25, 0.3) is 5.95 Å². The van der Waals surface area contributed by atoms with Gasteiger partial charge in [0.1, 0.15) is 17.7 Å². The Kier molecular flexibility index (Phi) is 10.8. The van der Waals surface area contributed by atoms with E-state index in [4.69, 9.17) is 15.2 Å². The number of amides is 2. The number of carbonyl (C=O) groups is 2. The van der Waals surface area contributed by atoms with Gasteiger partial charge < -0.3 is 35.3 Å². The first kappa shape index (κ1) is 35.4. The zero-order valence-corrected chi connectivity index (χ0v) is 30.0. The van der Waals surface area contributed by atoms with Gasteiger partial charge in [-0.2, -0.15) is 4.98 Å². The lowest BCUT2D eigenvalue weighted by Crippen LogP contribution is -2.45. The Morgan fingerprint density at radius 3 is 2.18 bits per heavy atom. The Labute approximate surface area is 298 Å². The highest BCUT2D eigenvalue weighted by Gasteiger charge is 2.37. The first-order chi connectivity index (χ1) is 24.6. The van der Waals surface area contributed by atoms with Gasteiger partial charge in [-0.3, -0.25) is 9.59 Å². The molecular weight excluding hydrogens is 644 g/mol. The maximum atomic E-state index is 13.7. The molecule has 5 N–H and O–H groups in total. The van der Waals surface area contributed by atoms with E-state index in [0.29, 0.717) is 32.0 Å². The van der Waals surface area contributed by atoms with Crippen LogP contribution in [0.25, 0.3) is 33.6 Å². The van der Waals surface area contributed by atoms with E-state index >= 15 is 0 Å². The maximum Gasteiger partial charge on any atom is 0.320 e. The first-order valence-corrected chi connectivity index (χ1v) is 17.8. The van der Waals surface area contributed by atoms with Crippen LogP contribution in [-0.4, -0.2) is 70.8 Å². The minimum atomic E-state index is -0.538. The summed E-state index contributed by atoms with van der Waals surface area (Å²) in [6.45, 7) is 12.0. The lowest BCUT2D eigenvalue weighted by molar-refractivity contribution is -0.134. The lowest BCUT2D eigenvalue weighted by Gasteiger charge is -2.30. The Balaban J connectivity index is 1.10. The number of hydrogen-bond acceptors (Lipinski definition) is 9. The number of carbonyl (C=O) groups excluding carboxylic acids is 2. The van der Waals surface area contributed by atoms with E-state index in [-0.39, 0.29) is 35.7 Å². The molecule has 2 atom stereocenters. The first-order valence-electron chi connectivity index (χ1n) is 17.8. The second-order valence-electron chi connectivity index (χ2n) is 14.0. The van der Waals surface area contributed by atoms with Gasteiger partial charge in [-0.1, -0.05) is 83.1 Å². The molecule has 2 aromatic carbocycles. The number of H-pyrrole nitrogens is 2. The molecule has 3 aromatic heterocycles. The summed E-state index contributed by atoms with van der Waals surface area (Å²) in [7, 11) is 0. The normalized spacial score (nSPS) is 15.1. The number of nitrogens with two attached hydrogens (primary N) is 1. The molecule has 13 nitrogen and oxygen atoms in total. The molecule has 1 fully saturated rings. The van der Waals surface area contributed by atoms with E-state index < -0.39 is 6.04 Å². The number of aromatic amines is 2. The molecule has 5 aromatic rings. The number of hydrogen-bond donors (Lipinski definition) is 4. The summed E-state index contributed by atoms with van der Waals surface area (Å²) in [5.74, 6) is 2.18. The molecule has 2 unspecified atom stereocenters. The third-order valence-corrected chi connectivity index (χ3v) is 9.23. The summed E-state index contributed by atoms with van der Waals surface area (Å²) in [6.07, 6.45) is 6.83. The Bertz CT molecular complexity index is 1910. The van der Waals surface area contributed by atoms with Crippen molar-refractivity contribution in [2.24, 2.45) is 11.8 Å². The summed E-state index contributed by atoms with van der Waals surface area (Å²) in [5, 5.41) is 6.90. The van der Waals surface area contributed by atoms with Crippen LogP contribution in [0.4, 0.5) is 12.0 Å². The highest BCUT2D eigenvalue weighted by atomic mass is 16.5.